The number of benzene rings is 2. The maximum absolute atomic E-state index is 13.0. The Kier molecular flexibility index (Phi) is 4.84. The molecule has 0 spiro atoms. The van der Waals surface area contributed by atoms with Gasteiger partial charge in [0, 0.05) is 5.39 Å². The molecule has 0 aliphatic carbocycles. The van der Waals surface area contributed by atoms with Crippen LogP contribution in [0.4, 0.5) is 0 Å². The number of hydrogen-bond donors (Lipinski definition) is 2. The average molecular weight is 350 g/mol. The van der Waals surface area contributed by atoms with E-state index >= 15 is 0 Å². The predicted octanol–water partition coefficient (Wildman–Crippen LogP) is 2.07. The molecule has 0 fully saturated rings. The highest BCUT2D eigenvalue weighted by Gasteiger charge is 2.22. The molecule has 2 N–H and O–H groups in total. The number of ketones is 1. The maximum Gasteiger partial charge on any atom is 0.268 e. The van der Waals surface area contributed by atoms with E-state index in [1.807, 2.05) is 30.3 Å². The molecule has 6 heteroatoms. The van der Waals surface area contributed by atoms with Gasteiger partial charge in [-0.25, -0.2) is 0 Å². The van der Waals surface area contributed by atoms with Crippen LogP contribution in [0.15, 0.2) is 59.4 Å². The smallest absolute Gasteiger partial charge is 0.268 e. The third-order valence-electron chi connectivity index (χ3n) is 4.05. The third-order valence-corrected chi connectivity index (χ3v) is 4.05. The van der Waals surface area contributed by atoms with Crippen molar-refractivity contribution in [3.05, 3.63) is 76.1 Å². The van der Waals surface area contributed by atoms with Crippen molar-refractivity contribution in [2.45, 2.75) is 13.5 Å². The number of aromatic hydroxyl groups is 1. The van der Waals surface area contributed by atoms with Crippen LogP contribution in [-0.4, -0.2) is 27.9 Å². The van der Waals surface area contributed by atoms with E-state index in [1.165, 1.54) is 11.5 Å². The molecule has 0 saturated carbocycles. The van der Waals surface area contributed by atoms with Gasteiger partial charge in [-0.05, 0) is 24.6 Å². The Morgan fingerprint density at radius 2 is 1.69 bits per heavy atom. The van der Waals surface area contributed by atoms with Gasteiger partial charge in [-0.15, -0.1) is 0 Å². The number of hydrogen-bond acceptors (Lipinski definition) is 4. The Morgan fingerprint density at radius 1 is 1.04 bits per heavy atom. The number of carbonyl (C=O) groups is 2. The van der Waals surface area contributed by atoms with Crippen molar-refractivity contribution in [3.8, 4) is 5.75 Å². The topological polar surface area (TPSA) is 88.4 Å². The largest absolute Gasteiger partial charge is 0.506 e. The van der Waals surface area contributed by atoms with Gasteiger partial charge in [0.2, 0.25) is 0 Å². The molecule has 26 heavy (non-hydrogen) atoms. The van der Waals surface area contributed by atoms with Crippen molar-refractivity contribution < 1.29 is 14.7 Å². The first kappa shape index (κ1) is 17.4. The van der Waals surface area contributed by atoms with Crippen LogP contribution in [-0.2, 0) is 11.3 Å². The summed E-state index contributed by atoms with van der Waals surface area (Å²) in [5.41, 5.74) is 0.453. The Bertz CT molecular complexity index is 1040. The Balaban J connectivity index is 2.18. The van der Waals surface area contributed by atoms with Gasteiger partial charge in [0.1, 0.15) is 17.1 Å². The number of carbonyl (C=O) groups excluding carboxylic acids is 2. The molecule has 0 aliphatic heterocycles. The van der Waals surface area contributed by atoms with Crippen LogP contribution in [0.5, 0.6) is 5.75 Å². The van der Waals surface area contributed by atoms with Gasteiger partial charge in [-0.2, -0.15) is 0 Å². The molecule has 6 nitrogen and oxygen atoms in total. The minimum absolute atomic E-state index is 0.205. The summed E-state index contributed by atoms with van der Waals surface area (Å²) in [4.78, 5) is 36.5. The van der Waals surface area contributed by atoms with Gasteiger partial charge in [0.05, 0.1) is 18.6 Å². The lowest BCUT2D eigenvalue weighted by Gasteiger charge is -2.15. The molecule has 0 saturated heterocycles. The Labute approximate surface area is 149 Å². The van der Waals surface area contributed by atoms with Crippen molar-refractivity contribution in [3.63, 3.8) is 0 Å². The molecule has 1 aromatic heterocycles. The average Bonchev–Trinajstić information content (AvgIpc) is 2.64. The lowest BCUT2D eigenvalue weighted by molar-refractivity contribution is -0.116. The van der Waals surface area contributed by atoms with Gasteiger partial charge in [-0.3, -0.25) is 14.4 Å². The predicted molar refractivity (Wildman–Crippen MR) is 98.4 cm³/mol. The van der Waals surface area contributed by atoms with Crippen LogP contribution >= 0.6 is 0 Å². The van der Waals surface area contributed by atoms with E-state index in [4.69, 9.17) is 0 Å². The zero-order valence-electron chi connectivity index (χ0n) is 14.2. The number of Topliss-reactive ketones (excluding diaryl/α,β-unsaturated/α-hetero) is 1. The van der Waals surface area contributed by atoms with Gasteiger partial charge in [0.25, 0.3) is 11.5 Å². The standard InChI is InChI=1S/C20H18N2O4/c1-13(23)11-21-19(25)17-18(24)15-9-5-6-10-16(15)22(20(17)26)12-14-7-3-2-4-8-14/h2-10,24H,11-12H2,1H3,(H,21,25). The van der Waals surface area contributed by atoms with Crippen LogP contribution in [0.2, 0.25) is 0 Å². The summed E-state index contributed by atoms with van der Waals surface area (Å²) in [6, 6.07) is 16.2. The summed E-state index contributed by atoms with van der Waals surface area (Å²) in [6.45, 7) is 1.38. The molecule has 0 atom stereocenters. The highest BCUT2D eigenvalue weighted by Crippen LogP contribution is 2.26. The second-order valence-corrected chi connectivity index (χ2v) is 6.00. The van der Waals surface area contributed by atoms with Crippen molar-refractivity contribution in [2.75, 3.05) is 6.54 Å². The Morgan fingerprint density at radius 3 is 2.38 bits per heavy atom. The van der Waals surface area contributed by atoms with Crippen LogP contribution in [0.25, 0.3) is 10.9 Å². The second-order valence-electron chi connectivity index (χ2n) is 6.00. The normalized spacial score (nSPS) is 10.7. The number of pyridine rings is 1. The van der Waals surface area contributed by atoms with Crippen molar-refractivity contribution >= 4 is 22.6 Å². The fraction of sp³-hybridized carbons (Fsp3) is 0.150. The van der Waals surface area contributed by atoms with E-state index < -0.39 is 11.5 Å². The summed E-state index contributed by atoms with van der Waals surface area (Å²) in [7, 11) is 0. The minimum atomic E-state index is -0.768. The number of nitrogens with one attached hydrogen (secondary N) is 1. The molecule has 0 bridgehead atoms. The van der Waals surface area contributed by atoms with Gasteiger partial charge >= 0.3 is 0 Å². The number of fused-ring (bicyclic) bond motifs is 1. The molecule has 0 aliphatic rings. The van der Waals surface area contributed by atoms with Crippen molar-refractivity contribution in [1.29, 1.82) is 0 Å². The molecule has 132 valence electrons. The second kappa shape index (κ2) is 7.23. The SMILES string of the molecule is CC(=O)CNC(=O)c1c(O)c2ccccc2n(Cc2ccccc2)c1=O. The molecule has 1 heterocycles. The molecule has 0 radical (unpaired) electrons. The maximum atomic E-state index is 13.0. The quantitative estimate of drug-likeness (QED) is 0.737. The molecule has 1 amide bonds. The van der Waals surface area contributed by atoms with Crippen LogP contribution < -0.4 is 10.9 Å². The molecular weight excluding hydrogens is 332 g/mol. The first-order valence-corrected chi connectivity index (χ1v) is 8.15. The number of nitrogens with zero attached hydrogens (tertiary/aromatic N) is 1. The molecule has 3 rings (SSSR count). The number of rotatable bonds is 5. The molecule has 3 aromatic rings. The lowest BCUT2D eigenvalue weighted by atomic mass is 10.1. The van der Waals surface area contributed by atoms with Gasteiger partial charge in [-0.1, -0.05) is 42.5 Å². The first-order chi connectivity index (χ1) is 12.5. The summed E-state index contributed by atoms with van der Waals surface area (Å²) >= 11 is 0. The summed E-state index contributed by atoms with van der Waals surface area (Å²) in [5, 5.41) is 13.3. The monoisotopic (exact) mass is 350 g/mol. The highest BCUT2D eigenvalue weighted by atomic mass is 16.3. The van der Waals surface area contributed by atoms with E-state index in [9.17, 15) is 19.5 Å². The number of amides is 1. The van der Waals surface area contributed by atoms with Crippen LogP contribution in [0, 0.1) is 0 Å². The van der Waals surface area contributed by atoms with Gasteiger partial charge in [0.15, 0.2) is 0 Å². The van der Waals surface area contributed by atoms with Crippen LogP contribution in [0.1, 0.15) is 22.8 Å². The zero-order chi connectivity index (χ0) is 18.7. The number of para-hydroxylation sites is 1. The fourth-order valence-corrected chi connectivity index (χ4v) is 2.81. The van der Waals surface area contributed by atoms with E-state index in [0.717, 1.165) is 5.56 Å². The van der Waals surface area contributed by atoms with Crippen molar-refractivity contribution in [1.82, 2.24) is 9.88 Å². The molecular formula is C20H18N2O4. The van der Waals surface area contributed by atoms with Crippen LogP contribution in [0.3, 0.4) is 0 Å². The molecule has 0 unspecified atom stereocenters. The number of aromatic nitrogens is 1. The van der Waals surface area contributed by atoms with E-state index in [-0.39, 0.29) is 30.2 Å². The highest BCUT2D eigenvalue weighted by molar-refractivity contribution is 6.03. The first-order valence-electron chi connectivity index (χ1n) is 8.15. The summed E-state index contributed by atoms with van der Waals surface area (Å²) in [6.07, 6.45) is 0. The van der Waals surface area contributed by atoms with E-state index in [2.05, 4.69) is 5.32 Å². The summed E-state index contributed by atoms with van der Waals surface area (Å²) < 4.78 is 1.45. The van der Waals surface area contributed by atoms with E-state index in [0.29, 0.717) is 10.9 Å². The van der Waals surface area contributed by atoms with Gasteiger partial charge < -0.3 is 15.0 Å². The summed E-state index contributed by atoms with van der Waals surface area (Å²) in [5.74, 6) is -1.39. The lowest BCUT2D eigenvalue weighted by Crippen LogP contribution is -2.35. The van der Waals surface area contributed by atoms with Crippen molar-refractivity contribution in [2.24, 2.45) is 0 Å². The third kappa shape index (κ3) is 3.35. The fourth-order valence-electron chi connectivity index (χ4n) is 2.81. The van der Waals surface area contributed by atoms with E-state index in [1.54, 1.807) is 24.3 Å². The zero-order valence-corrected chi connectivity index (χ0v) is 14.2. The minimum Gasteiger partial charge on any atom is -0.506 e. The molecule has 2 aromatic carbocycles. The Hall–Kier alpha value is -3.41.